The average Bonchev–Trinajstić information content (AvgIpc) is 2.35. The second kappa shape index (κ2) is 6.66. The van der Waals surface area contributed by atoms with Crippen molar-refractivity contribution in [2.45, 2.75) is 30.7 Å². The molecule has 0 saturated carbocycles. The van der Waals surface area contributed by atoms with Crippen molar-refractivity contribution in [2.24, 2.45) is 5.11 Å². The van der Waals surface area contributed by atoms with Gasteiger partial charge in [-0.05, 0) is 5.53 Å². The summed E-state index contributed by atoms with van der Waals surface area (Å²) in [5.74, 6) is 0. The van der Waals surface area contributed by atoms with E-state index in [-0.39, 0.29) is 12.3 Å². The zero-order valence-corrected chi connectivity index (χ0v) is 9.46. The summed E-state index contributed by atoms with van der Waals surface area (Å²) in [7, 11) is 0. The topological polar surface area (TPSA) is 148 Å². The summed E-state index contributed by atoms with van der Waals surface area (Å²) < 4.78 is 10.1. The van der Waals surface area contributed by atoms with E-state index in [4.69, 9.17) is 20.1 Å². The molecule has 0 aliphatic carbocycles. The molecule has 0 spiro atoms. The molecular weight excluding hydrogens is 246 g/mol. The fraction of sp³-hybridized carbons (Fsp3) is 0.778. The van der Waals surface area contributed by atoms with Crippen molar-refractivity contribution >= 4 is 0 Å². The van der Waals surface area contributed by atoms with E-state index in [1.807, 2.05) is 0 Å². The molecule has 3 unspecified atom stereocenters. The number of rotatable bonds is 5. The van der Waals surface area contributed by atoms with E-state index in [9.17, 15) is 15.3 Å². The van der Waals surface area contributed by atoms with Crippen molar-refractivity contribution in [3.8, 4) is 0 Å². The van der Waals surface area contributed by atoms with Crippen molar-refractivity contribution in [3.63, 3.8) is 0 Å². The van der Waals surface area contributed by atoms with E-state index in [2.05, 4.69) is 16.6 Å². The Hall–Kier alpha value is -1.19. The van der Waals surface area contributed by atoms with Crippen molar-refractivity contribution in [2.75, 3.05) is 13.2 Å². The van der Waals surface area contributed by atoms with Crippen LogP contribution in [0.2, 0.25) is 0 Å². The highest BCUT2D eigenvalue weighted by atomic mass is 16.7. The monoisotopic (exact) mass is 261 g/mol. The molecule has 9 nitrogen and oxygen atoms in total. The first kappa shape index (κ1) is 14.9. The van der Waals surface area contributed by atoms with Gasteiger partial charge in [-0.25, -0.2) is 0 Å². The minimum Gasteiger partial charge on any atom is -0.394 e. The number of nitrogens with zero attached hydrogens (tertiary/aromatic N) is 3. The molecular formula is C9H15N3O6. The van der Waals surface area contributed by atoms with Gasteiger partial charge in [-0.2, -0.15) is 0 Å². The third kappa shape index (κ3) is 3.40. The molecule has 18 heavy (non-hydrogen) atoms. The molecule has 0 bridgehead atoms. The Morgan fingerprint density at radius 2 is 2.00 bits per heavy atom. The number of hydrogen-bond acceptors (Lipinski definition) is 7. The summed E-state index contributed by atoms with van der Waals surface area (Å²) in [4.78, 5) is 2.49. The van der Waals surface area contributed by atoms with Gasteiger partial charge < -0.3 is 29.9 Å². The lowest BCUT2D eigenvalue weighted by Gasteiger charge is -2.39. The molecule has 0 radical (unpaired) electrons. The second-order valence-electron chi connectivity index (χ2n) is 3.76. The molecule has 1 fully saturated rings. The van der Waals surface area contributed by atoms with Gasteiger partial charge in [0, 0.05) is 10.6 Å². The van der Waals surface area contributed by atoms with Crippen LogP contribution in [-0.4, -0.2) is 64.3 Å². The molecule has 1 heterocycles. The minimum absolute atomic E-state index is 0.0643. The van der Waals surface area contributed by atoms with E-state index < -0.39 is 37.3 Å². The normalized spacial score (nSPS) is 35.9. The first-order chi connectivity index (χ1) is 8.51. The first-order valence-electron chi connectivity index (χ1n) is 5.16. The highest BCUT2D eigenvalue weighted by Gasteiger charge is 2.43. The number of azide groups is 1. The molecule has 1 aliphatic heterocycles. The molecule has 9 heteroatoms. The number of aliphatic hydroxyl groups excluding tert-OH is 4. The van der Waals surface area contributed by atoms with Crippen LogP contribution in [-0.2, 0) is 9.47 Å². The highest BCUT2D eigenvalue weighted by molar-refractivity contribution is 4.93. The maximum absolute atomic E-state index is 9.59. The Morgan fingerprint density at radius 1 is 1.33 bits per heavy atom. The van der Waals surface area contributed by atoms with Gasteiger partial charge in [0.2, 0.25) is 0 Å². The molecule has 1 saturated heterocycles. The lowest BCUT2D eigenvalue weighted by molar-refractivity contribution is -0.299. The van der Waals surface area contributed by atoms with Crippen LogP contribution >= 0.6 is 0 Å². The van der Waals surface area contributed by atoms with Gasteiger partial charge >= 0.3 is 0 Å². The van der Waals surface area contributed by atoms with Crippen LogP contribution < -0.4 is 0 Å². The van der Waals surface area contributed by atoms with Crippen LogP contribution in [0, 0.1) is 0 Å². The van der Waals surface area contributed by atoms with Crippen LogP contribution in [0.5, 0.6) is 0 Å². The lowest BCUT2D eigenvalue weighted by atomic mass is 9.99. The van der Waals surface area contributed by atoms with Crippen molar-refractivity contribution in [3.05, 3.63) is 22.7 Å². The SMILES string of the molecule is C=C(CO[C@@H]1OC(CO)[C@@H](O)C(O)C1O)N=[N+]=[N-]. The van der Waals surface area contributed by atoms with Crippen molar-refractivity contribution < 1.29 is 29.9 Å². The van der Waals surface area contributed by atoms with Crippen LogP contribution in [0.15, 0.2) is 17.4 Å². The van der Waals surface area contributed by atoms with E-state index in [0.717, 1.165) is 0 Å². The fourth-order valence-electron chi connectivity index (χ4n) is 1.48. The average molecular weight is 261 g/mol. The van der Waals surface area contributed by atoms with Gasteiger partial charge in [-0.3, -0.25) is 0 Å². The van der Waals surface area contributed by atoms with Crippen molar-refractivity contribution in [1.29, 1.82) is 0 Å². The van der Waals surface area contributed by atoms with Gasteiger partial charge in [0.25, 0.3) is 0 Å². The van der Waals surface area contributed by atoms with Gasteiger partial charge in [0.1, 0.15) is 24.4 Å². The standard InChI is InChI=1S/C9H15N3O6/c1-4(11-12-10)3-17-9-8(16)7(15)6(14)5(2-13)18-9/h5-9,13-16H,1-3H2/t5?,6-,7?,8?,9-/m1/s1. The molecule has 4 N–H and O–H groups in total. The summed E-state index contributed by atoms with van der Waals surface area (Å²) in [6.07, 6.45) is -6.73. The Morgan fingerprint density at radius 3 is 2.56 bits per heavy atom. The van der Waals surface area contributed by atoms with Crippen LogP contribution in [0.3, 0.4) is 0 Å². The summed E-state index contributed by atoms with van der Waals surface area (Å²) in [6, 6.07) is 0. The molecule has 0 aromatic heterocycles. The van der Waals surface area contributed by atoms with Gasteiger partial charge in [-0.15, -0.1) is 0 Å². The molecule has 0 aromatic rings. The number of ether oxygens (including phenoxy) is 2. The molecule has 1 rings (SSSR count). The molecule has 102 valence electrons. The fourth-order valence-corrected chi connectivity index (χ4v) is 1.48. The maximum atomic E-state index is 9.59. The lowest BCUT2D eigenvalue weighted by Crippen LogP contribution is -2.59. The van der Waals surface area contributed by atoms with Crippen LogP contribution in [0.25, 0.3) is 10.4 Å². The third-order valence-electron chi connectivity index (χ3n) is 2.45. The van der Waals surface area contributed by atoms with Crippen LogP contribution in [0.4, 0.5) is 0 Å². The van der Waals surface area contributed by atoms with Gasteiger partial charge in [-0.1, -0.05) is 11.7 Å². The molecule has 1 aliphatic rings. The summed E-state index contributed by atoms with van der Waals surface area (Å²) >= 11 is 0. The summed E-state index contributed by atoms with van der Waals surface area (Å²) in [6.45, 7) is 2.63. The van der Waals surface area contributed by atoms with Gasteiger partial charge in [0.15, 0.2) is 6.29 Å². The number of aliphatic hydroxyl groups is 4. The second-order valence-corrected chi connectivity index (χ2v) is 3.76. The molecule has 0 amide bonds. The smallest absolute Gasteiger partial charge is 0.187 e. The Kier molecular flexibility index (Phi) is 5.51. The zero-order valence-electron chi connectivity index (χ0n) is 9.46. The number of hydrogen-bond donors (Lipinski definition) is 4. The largest absolute Gasteiger partial charge is 0.394 e. The quantitative estimate of drug-likeness (QED) is 0.272. The Bertz CT molecular complexity index is 343. The van der Waals surface area contributed by atoms with E-state index in [1.165, 1.54) is 0 Å². The minimum atomic E-state index is -1.51. The zero-order chi connectivity index (χ0) is 13.7. The molecule has 5 atom stereocenters. The Balaban J connectivity index is 2.59. The maximum Gasteiger partial charge on any atom is 0.187 e. The van der Waals surface area contributed by atoms with Crippen LogP contribution in [0.1, 0.15) is 0 Å². The van der Waals surface area contributed by atoms with E-state index in [0.29, 0.717) is 0 Å². The first-order valence-corrected chi connectivity index (χ1v) is 5.16. The van der Waals surface area contributed by atoms with Gasteiger partial charge in [0.05, 0.1) is 13.2 Å². The van der Waals surface area contributed by atoms with E-state index in [1.54, 1.807) is 0 Å². The predicted molar refractivity (Wildman–Crippen MR) is 58.0 cm³/mol. The predicted octanol–water partition coefficient (Wildman–Crippen LogP) is -1.37. The third-order valence-corrected chi connectivity index (χ3v) is 2.45. The van der Waals surface area contributed by atoms with Crippen molar-refractivity contribution in [1.82, 2.24) is 0 Å². The van der Waals surface area contributed by atoms with E-state index >= 15 is 0 Å². The summed E-state index contributed by atoms with van der Waals surface area (Å²) in [5.41, 5.74) is 8.20. The highest BCUT2D eigenvalue weighted by Crippen LogP contribution is 2.22. The molecule has 0 aromatic carbocycles. The summed E-state index contributed by atoms with van der Waals surface area (Å²) in [5, 5.41) is 40.7. The Labute approximate surface area is 103 Å².